The molecule has 2 atom stereocenters. The summed E-state index contributed by atoms with van der Waals surface area (Å²) in [6, 6.07) is 7.58. The maximum absolute atomic E-state index is 11.6. The van der Waals surface area contributed by atoms with Gasteiger partial charge in [0.05, 0.1) is 6.10 Å². The zero-order valence-corrected chi connectivity index (χ0v) is 10.2. The van der Waals surface area contributed by atoms with Crippen LogP contribution in [0.5, 0.6) is 0 Å². The number of carbonyl (C=O) groups is 1. The van der Waals surface area contributed by atoms with Gasteiger partial charge in [-0.05, 0) is 31.5 Å². The van der Waals surface area contributed by atoms with Gasteiger partial charge in [0.1, 0.15) is 6.04 Å². The van der Waals surface area contributed by atoms with E-state index in [-0.39, 0.29) is 11.9 Å². The molecule has 4 heteroatoms. The Morgan fingerprint density at radius 2 is 2.06 bits per heavy atom. The maximum Gasteiger partial charge on any atom is 0.242 e. The Balaban J connectivity index is 2.19. The molecular weight excluding hydrogens is 216 g/mol. The molecule has 0 spiro atoms. The van der Waals surface area contributed by atoms with Gasteiger partial charge in [0.25, 0.3) is 0 Å². The summed E-state index contributed by atoms with van der Waals surface area (Å²) in [5, 5.41) is 12.3. The number of aliphatic hydroxyl groups is 1. The van der Waals surface area contributed by atoms with E-state index in [0.717, 1.165) is 17.8 Å². The topological polar surface area (TPSA) is 52.6 Å². The van der Waals surface area contributed by atoms with Crippen LogP contribution in [-0.2, 0) is 4.79 Å². The molecule has 2 N–H and O–H groups in total. The number of anilines is 1. The fraction of sp³-hybridized carbons (Fsp3) is 0.462. The van der Waals surface area contributed by atoms with Gasteiger partial charge in [-0.1, -0.05) is 12.1 Å². The van der Waals surface area contributed by atoms with Gasteiger partial charge in [-0.25, -0.2) is 0 Å². The minimum absolute atomic E-state index is 0.0656. The lowest BCUT2D eigenvalue weighted by Crippen LogP contribution is -2.54. The van der Waals surface area contributed by atoms with E-state index in [9.17, 15) is 9.90 Å². The third-order valence-electron chi connectivity index (χ3n) is 3.21. The second kappa shape index (κ2) is 4.75. The molecule has 17 heavy (non-hydrogen) atoms. The van der Waals surface area contributed by atoms with E-state index in [2.05, 4.69) is 10.2 Å². The Hall–Kier alpha value is -1.55. The zero-order valence-electron chi connectivity index (χ0n) is 10.2. The smallest absolute Gasteiger partial charge is 0.242 e. The lowest BCUT2D eigenvalue weighted by Gasteiger charge is -2.34. The van der Waals surface area contributed by atoms with E-state index in [1.165, 1.54) is 0 Å². The van der Waals surface area contributed by atoms with Crippen LogP contribution in [0.2, 0.25) is 0 Å². The number of hydrogen-bond acceptors (Lipinski definition) is 3. The molecule has 1 aromatic rings. The number of nitrogens with zero attached hydrogens (tertiary/aromatic N) is 1. The van der Waals surface area contributed by atoms with Crippen LogP contribution in [-0.4, -0.2) is 30.1 Å². The molecule has 1 fully saturated rings. The first-order valence-electron chi connectivity index (χ1n) is 5.92. The Kier molecular flexibility index (Phi) is 3.33. The average molecular weight is 234 g/mol. The van der Waals surface area contributed by atoms with Crippen LogP contribution >= 0.6 is 0 Å². The molecule has 1 unspecified atom stereocenters. The molecule has 1 amide bonds. The van der Waals surface area contributed by atoms with Crippen molar-refractivity contribution in [1.29, 1.82) is 0 Å². The molecule has 4 nitrogen and oxygen atoms in total. The summed E-state index contributed by atoms with van der Waals surface area (Å²) in [5.74, 6) is 0.0656. The standard InChI is InChI=1S/C13H18N2O2/c1-9-13(17)14-7-8-15(9)12-5-3-11(4-6-12)10(2)16/h3-6,9-10,16H,7-8H2,1-2H3,(H,14,17)/t9?,10-/m1/s1. The third kappa shape index (κ3) is 2.42. The van der Waals surface area contributed by atoms with E-state index in [1.807, 2.05) is 31.2 Å². The Labute approximate surface area is 101 Å². The van der Waals surface area contributed by atoms with E-state index < -0.39 is 6.10 Å². The molecule has 1 aliphatic heterocycles. The fourth-order valence-electron chi connectivity index (χ4n) is 2.08. The van der Waals surface area contributed by atoms with Crippen LogP contribution in [0.15, 0.2) is 24.3 Å². The first kappa shape index (κ1) is 11.9. The summed E-state index contributed by atoms with van der Waals surface area (Å²) >= 11 is 0. The molecule has 0 saturated carbocycles. The fourth-order valence-corrected chi connectivity index (χ4v) is 2.08. The zero-order chi connectivity index (χ0) is 12.4. The van der Waals surface area contributed by atoms with Gasteiger partial charge in [0.15, 0.2) is 0 Å². The number of aliphatic hydroxyl groups excluding tert-OH is 1. The first-order chi connectivity index (χ1) is 8.09. The molecule has 92 valence electrons. The SMILES string of the molecule is CC1C(=O)NCCN1c1ccc([C@@H](C)O)cc1. The van der Waals surface area contributed by atoms with Gasteiger partial charge >= 0.3 is 0 Å². The Morgan fingerprint density at radius 1 is 1.41 bits per heavy atom. The third-order valence-corrected chi connectivity index (χ3v) is 3.21. The van der Waals surface area contributed by atoms with Gasteiger partial charge in [0, 0.05) is 18.8 Å². The van der Waals surface area contributed by atoms with Gasteiger partial charge in [-0.15, -0.1) is 0 Å². The number of carbonyl (C=O) groups excluding carboxylic acids is 1. The molecule has 0 aliphatic carbocycles. The van der Waals surface area contributed by atoms with E-state index in [1.54, 1.807) is 6.92 Å². The van der Waals surface area contributed by atoms with E-state index in [0.29, 0.717) is 6.54 Å². The maximum atomic E-state index is 11.6. The van der Waals surface area contributed by atoms with Gasteiger partial charge in [-0.3, -0.25) is 4.79 Å². The van der Waals surface area contributed by atoms with Crippen LogP contribution < -0.4 is 10.2 Å². The lowest BCUT2D eigenvalue weighted by molar-refractivity contribution is -0.122. The van der Waals surface area contributed by atoms with Crippen molar-refractivity contribution < 1.29 is 9.90 Å². The minimum atomic E-state index is -0.453. The second-order valence-electron chi connectivity index (χ2n) is 4.43. The van der Waals surface area contributed by atoms with E-state index >= 15 is 0 Å². The van der Waals surface area contributed by atoms with Crippen molar-refractivity contribution in [3.8, 4) is 0 Å². The monoisotopic (exact) mass is 234 g/mol. The van der Waals surface area contributed by atoms with Crippen LogP contribution in [0.4, 0.5) is 5.69 Å². The number of nitrogens with one attached hydrogen (secondary N) is 1. The summed E-state index contributed by atoms with van der Waals surface area (Å²) in [4.78, 5) is 13.6. The van der Waals surface area contributed by atoms with Crippen molar-refractivity contribution in [3.05, 3.63) is 29.8 Å². The molecule has 1 heterocycles. The quantitative estimate of drug-likeness (QED) is 0.804. The van der Waals surface area contributed by atoms with Crippen molar-refractivity contribution in [3.63, 3.8) is 0 Å². The molecule has 0 radical (unpaired) electrons. The van der Waals surface area contributed by atoms with Crippen LogP contribution in [0.25, 0.3) is 0 Å². The molecule has 1 aliphatic rings. The normalized spacial score (nSPS) is 22.2. The highest BCUT2D eigenvalue weighted by Gasteiger charge is 2.25. The molecule has 0 aromatic heterocycles. The Morgan fingerprint density at radius 3 is 2.65 bits per heavy atom. The summed E-state index contributed by atoms with van der Waals surface area (Å²) < 4.78 is 0. The number of amides is 1. The number of benzene rings is 1. The molecule has 2 rings (SSSR count). The number of rotatable bonds is 2. The minimum Gasteiger partial charge on any atom is -0.389 e. The molecule has 0 bridgehead atoms. The predicted molar refractivity (Wildman–Crippen MR) is 66.9 cm³/mol. The van der Waals surface area contributed by atoms with Crippen molar-refractivity contribution in [1.82, 2.24) is 5.32 Å². The van der Waals surface area contributed by atoms with Gasteiger partial charge < -0.3 is 15.3 Å². The summed E-state index contributed by atoms with van der Waals surface area (Å²) in [6.07, 6.45) is -0.453. The van der Waals surface area contributed by atoms with Crippen molar-refractivity contribution in [2.24, 2.45) is 0 Å². The number of hydrogen-bond donors (Lipinski definition) is 2. The van der Waals surface area contributed by atoms with Crippen molar-refractivity contribution in [2.45, 2.75) is 26.0 Å². The molecule has 1 aromatic carbocycles. The Bertz CT molecular complexity index is 400. The van der Waals surface area contributed by atoms with Crippen molar-refractivity contribution >= 4 is 11.6 Å². The highest BCUT2D eigenvalue weighted by molar-refractivity contribution is 5.86. The molecular formula is C13H18N2O2. The number of piperazine rings is 1. The predicted octanol–water partition coefficient (Wildman–Crippen LogP) is 1.06. The van der Waals surface area contributed by atoms with Crippen LogP contribution in [0, 0.1) is 0 Å². The average Bonchev–Trinajstić information content (AvgIpc) is 2.33. The van der Waals surface area contributed by atoms with E-state index in [4.69, 9.17) is 0 Å². The largest absolute Gasteiger partial charge is 0.389 e. The van der Waals surface area contributed by atoms with Gasteiger partial charge in [-0.2, -0.15) is 0 Å². The van der Waals surface area contributed by atoms with Gasteiger partial charge in [0.2, 0.25) is 5.91 Å². The van der Waals surface area contributed by atoms with Crippen LogP contribution in [0.1, 0.15) is 25.5 Å². The summed E-state index contributed by atoms with van der Waals surface area (Å²) in [5.41, 5.74) is 1.92. The summed E-state index contributed by atoms with van der Waals surface area (Å²) in [7, 11) is 0. The summed E-state index contributed by atoms with van der Waals surface area (Å²) in [6.45, 7) is 5.14. The second-order valence-corrected chi connectivity index (χ2v) is 4.43. The highest BCUT2D eigenvalue weighted by atomic mass is 16.3. The highest BCUT2D eigenvalue weighted by Crippen LogP contribution is 2.21. The lowest BCUT2D eigenvalue weighted by atomic mass is 10.1. The van der Waals surface area contributed by atoms with Crippen molar-refractivity contribution in [2.75, 3.05) is 18.0 Å². The molecule has 1 saturated heterocycles. The first-order valence-corrected chi connectivity index (χ1v) is 5.92. The van der Waals surface area contributed by atoms with Crippen LogP contribution in [0.3, 0.4) is 0 Å².